The Morgan fingerprint density at radius 1 is 1.38 bits per heavy atom. The van der Waals surface area contributed by atoms with Crippen LogP contribution in [0.2, 0.25) is 0 Å². The fraction of sp³-hybridized carbons (Fsp3) is 0.375. The summed E-state index contributed by atoms with van der Waals surface area (Å²) in [5, 5.41) is 0. The van der Waals surface area contributed by atoms with Crippen LogP contribution in [0, 0.1) is 5.82 Å². The van der Waals surface area contributed by atoms with Crippen molar-refractivity contribution in [3.63, 3.8) is 0 Å². The van der Waals surface area contributed by atoms with Crippen molar-refractivity contribution in [1.29, 1.82) is 0 Å². The van der Waals surface area contributed by atoms with Gasteiger partial charge in [-0.2, -0.15) is 0 Å². The molecule has 132 valence electrons. The maximum absolute atomic E-state index is 13.0. The molecule has 1 aliphatic heterocycles. The molecule has 1 aromatic heterocycles. The van der Waals surface area contributed by atoms with Crippen LogP contribution in [0.1, 0.15) is 31.6 Å². The number of hydrogen-bond donors (Lipinski definition) is 2. The van der Waals surface area contributed by atoms with Crippen LogP contribution in [0.4, 0.5) is 4.39 Å². The summed E-state index contributed by atoms with van der Waals surface area (Å²) in [6, 6.07) is 5.66. The highest BCUT2D eigenvalue weighted by molar-refractivity contribution is 5.85. The number of aromatic amines is 1. The minimum atomic E-state index is -0.507. The highest BCUT2D eigenvalue weighted by atomic mass is 35.5. The van der Waals surface area contributed by atoms with E-state index in [4.69, 9.17) is 5.73 Å². The summed E-state index contributed by atoms with van der Waals surface area (Å²) in [4.78, 5) is 21.6. The molecule has 5 nitrogen and oxygen atoms in total. The van der Waals surface area contributed by atoms with Gasteiger partial charge in [-0.25, -0.2) is 9.37 Å². The average molecular weight is 375 g/mol. The normalized spacial score (nSPS) is 17.8. The third-order valence-corrected chi connectivity index (χ3v) is 3.99. The SMILES string of the molecule is C[C@@H](N)C(=O)N1CCCC1c1ncc(-c2ccc(F)cc2)[nH]1.Cl.Cl. The molecule has 1 amide bonds. The second kappa shape index (κ2) is 8.46. The number of benzene rings is 1. The molecule has 0 aliphatic carbocycles. The van der Waals surface area contributed by atoms with Crippen molar-refractivity contribution in [3.05, 3.63) is 42.1 Å². The van der Waals surface area contributed by atoms with Gasteiger partial charge in [-0.15, -0.1) is 24.8 Å². The first-order valence-corrected chi connectivity index (χ1v) is 7.43. The van der Waals surface area contributed by atoms with E-state index in [-0.39, 0.29) is 42.6 Å². The number of rotatable bonds is 3. The van der Waals surface area contributed by atoms with Crippen LogP contribution in [0.15, 0.2) is 30.5 Å². The van der Waals surface area contributed by atoms with Gasteiger partial charge in [0.15, 0.2) is 0 Å². The molecule has 2 aromatic rings. The van der Waals surface area contributed by atoms with Crippen molar-refractivity contribution < 1.29 is 9.18 Å². The summed E-state index contributed by atoms with van der Waals surface area (Å²) >= 11 is 0. The highest BCUT2D eigenvalue weighted by Gasteiger charge is 2.33. The van der Waals surface area contributed by atoms with Gasteiger partial charge in [0.05, 0.1) is 24.0 Å². The van der Waals surface area contributed by atoms with Crippen LogP contribution in [0.3, 0.4) is 0 Å². The summed E-state index contributed by atoms with van der Waals surface area (Å²) in [6.45, 7) is 2.40. The lowest BCUT2D eigenvalue weighted by atomic mass is 10.1. The second-order valence-corrected chi connectivity index (χ2v) is 5.67. The molecule has 8 heteroatoms. The fourth-order valence-corrected chi connectivity index (χ4v) is 2.86. The number of carbonyl (C=O) groups is 1. The molecule has 0 saturated carbocycles. The Morgan fingerprint density at radius 2 is 2.04 bits per heavy atom. The number of carbonyl (C=O) groups excluding carboxylic acids is 1. The van der Waals surface area contributed by atoms with Crippen molar-refractivity contribution in [2.45, 2.75) is 31.8 Å². The van der Waals surface area contributed by atoms with Gasteiger partial charge >= 0.3 is 0 Å². The van der Waals surface area contributed by atoms with E-state index in [2.05, 4.69) is 9.97 Å². The number of nitrogens with two attached hydrogens (primary N) is 1. The van der Waals surface area contributed by atoms with E-state index in [1.807, 2.05) is 0 Å². The van der Waals surface area contributed by atoms with Gasteiger partial charge in [0.25, 0.3) is 0 Å². The lowest BCUT2D eigenvalue weighted by Crippen LogP contribution is -2.41. The van der Waals surface area contributed by atoms with E-state index in [0.717, 1.165) is 29.9 Å². The van der Waals surface area contributed by atoms with Crippen LogP contribution in [-0.4, -0.2) is 33.4 Å². The third-order valence-electron chi connectivity index (χ3n) is 3.99. The van der Waals surface area contributed by atoms with E-state index in [9.17, 15) is 9.18 Å². The Balaban J connectivity index is 0.00000144. The second-order valence-electron chi connectivity index (χ2n) is 5.67. The topological polar surface area (TPSA) is 75.0 Å². The van der Waals surface area contributed by atoms with E-state index in [1.165, 1.54) is 12.1 Å². The summed E-state index contributed by atoms with van der Waals surface area (Å²) in [5.74, 6) is 0.432. The van der Waals surface area contributed by atoms with Gasteiger partial charge in [-0.1, -0.05) is 0 Å². The van der Waals surface area contributed by atoms with Gasteiger partial charge in [0.2, 0.25) is 5.91 Å². The number of halogens is 3. The molecule has 1 aromatic carbocycles. The van der Waals surface area contributed by atoms with E-state index in [1.54, 1.807) is 30.2 Å². The Labute approximate surface area is 152 Å². The average Bonchev–Trinajstić information content (AvgIpc) is 3.15. The Hall–Kier alpha value is -1.63. The smallest absolute Gasteiger partial charge is 0.239 e. The molecular weight excluding hydrogens is 354 g/mol. The molecule has 3 rings (SSSR count). The van der Waals surface area contributed by atoms with Crippen LogP contribution >= 0.6 is 24.8 Å². The van der Waals surface area contributed by atoms with Crippen molar-refractivity contribution in [1.82, 2.24) is 14.9 Å². The van der Waals surface area contributed by atoms with Crippen LogP contribution in [-0.2, 0) is 4.79 Å². The summed E-state index contributed by atoms with van der Waals surface area (Å²) in [6.07, 6.45) is 3.53. The van der Waals surface area contributed by atoms with Crippen molar-refractivity contribution >= 4 is 30.7 Å². The molecule has 3 N–H and O–H groups in total. The Bertz CT molecular complexity index is 675. The van der Waals surface area contributed by atoms with Crippen LogP contribution in [0.25, 0.3) is 11.3 Å². The standard InChI is InChI=1S/C16H19FN4O.2ClH/c1-10(18)16(22)21-8-2-3-14(21)15-19-9-13(20-15)11-4-6-12(17)7-5-11;;/h4-7,9-10,14H,2-3,8,18H2,1H3,(H,19,20);2*1H/t10-,14?;;/m1../s1. The van der Waals surface area contributed by atoms with Crippen molar-refractivity contribution in [2.75, 3.05) is 6.54 Å². The molecule has 1 saturated heterocycles. The lowest BCUT2D eigenvalue weighted by molar-refractivity contribution is -0.133. The number of nitrogens with one attached hydrogen (secondary N) is 1. The fourth-order valence-electron chi connectivity index (χ4n) is 2.86. The number of likely N-dealkylation sites (tertiary alicyclic amines) is 1. The molecule has 1 aliphatic rings. The van der Waals surface area contributed by atoms with Gasteiger partial charge in [-0.05, 0) is 49.6 Å². The lowest BCUT2D eigenvalue weighted by Gasteiger charge is -2.24. The first-order valence-electron chi connectivity index (χ1n) is 7.43. The maximum atomic E-state index is 13.0. The summed E-state index contributed by atoms with van der Waals surface area (Å²) in [7, 11) is 0. The zero-order chi connectivity index (χ0) is 15.7. The van der Waals surface area contributed by atoms with Crippen LogP contribution in [0.5, 0.6) is 0 Å². The molecular formula is C16H21Cl2FN4O. The number of hydrogen-bond acceptors (Lipinski definition) is 3. The summed E-state index contributed by atoms with van der Waals surface area (Å²) in [5.41, 5.74) is 7.39. The number of H-pyrrole nitrogens is 1. The maximum Gasteiger partial charge on any atom is 0.239 e. The van der Waals surface area contributed by atoms with Gasteiger partial charge in [-0.3, -0.25) is 4.79 Å². The van der Waals surface area contributed by atoms with Gasteiger partial charge in [0.1, 0.15) is 11.6 Å². The number of nitrogens with zero attached hydrogens (tertiary/aromatic N) is 2. The van der Waals surface area contributed by atoms with Crippen molar-refractivity contribution in [2.24, 2.45) is 5.73 Å². The number of imidazole rings is 1. The Morgan fingerprint density at radius 3 is 2.67 bits per heavy atom. The number of amides is 1. The number of aromatic nitrogens is 2. The zero-order valence-electron chi connectivity index (χ0n) is 13.2. The molecule has 2 heterocycles. The molecule has 24 heavy (non-hydrogen) atoms. The molecule has 1 fully saturated rings. The quantitative estimate of drug-likeness (QED) is 0.866. The highest BCUT2D eigenvalue weighted by Crippen LogP contribution is 2.31. The predicted octanol–water partition coefficient (Wildman–Crippen LogP) is 3.07. The van der Waals surface area contributed by atoms with Gasteiger partial charge in [0, 0.05) is 6.54 Å². The van der Waals surface area contributed by atoms with E-state index < -0.39 is 6.04 Å². The van der Waals surface area contributed by atoms with Crippen LogP contribution < -0.4 is 5.73 Å². The molecule has 0 radical (unpaired) electrons. The predicted molar refractivity (Wildman–Crippen MR) is 95.8 cm³/mol. The first-order chi connectivity index (χ1) is 10.6. The van der Waals surface area contributed by atoms with Crippen molar-refractivity contribution in [3.8, 4) is 11.3 Å². The van der Waals surface area contributed by atoms with E-state index >= 15 is 0 Å². The molecule has 2 atom stereocenters. The zero-order valence-corrected chi connectivity index (χ0v) is 14.9. The minimum absolute atomic E-state index is 0. The first kappa shape index (κ1) is 20.4. The third kappa shape index (κ3) is 4.06. The summed E-state index contributed by atoms with van der Waals surface area (Å²) < 4.78 is 13.0. The van der Waals surface area contributed by atoms with Gasteiger partial charge < -0.3 is 15.6 Å². The molecule has 0 spiro atoms. The monoisotopic (exact) mass is 374 g/mol. The van der Waals surface area contributed by atoms with E-state index in [0.29, 0.717) is 6.54 Å². The minimum Gasteiger partial charge on any atom is -0.340 e. The molecule has 0 bridgehead atoms. The largest absolute Gasteiger partial charge is 0.340 e. The molecule has 1 unspecified atom stereocenters. The Kier molecular flexibility index (Phi) is 7.20.